The Morgan fingerprint density at radius 3 is 2.79 bits per heavy atom. The summed E-state index contributed by atoms with van der Waals surface area (Å²) in [5.74, 6) is 0. The van der Waals surface area contributed by atoms with Gasteiger partial charge in [0.25, 0.3) is 0 Å². The number of likely N-dealkylation sites (N-methyl/N-ethyl adjacent to an activating group) is 1. The second kappa shape index (κ2) is 5.60. The molecule has 0 bridgehead atoms. The summed E-state index contributed by atoms with van der Waals surface area (Å²) in [6.45, 7) is 7.51. The van der Waals surface area contributed by atoms with Gasteiger partial charge in [0, 0.05) is 19.1 Å². The molecule has 1 aromatic heterocycles. The first-order valence-electron chi connectivity index (χ1n) is 6.72. The fourth-order valence-corrected chi connectivity index (χ4v) is 4.52. The minimum absolute atomic E-state index is 0.251. The lowest BCUT2D eigenvalue weighted by Gasteiger charge is -2.32. The van der Waals surface area contributed by atoms with Crippen LogP contribution in [0.25, 0.3) is 0 Å². The van der Waals surface area contributed by atoms with Crippen molar-refractivity contribution in [2.75, 3.05) is 19.6 Å². The van der Waals surface area contributed by atoms with Crippen LogP contribution in [0.5, 0.6) is 0 Å². The van der Waals surface area contributed by atoms with E-state index in [0.29, 0.717) is 29.4 Å². The van der Waals surface area contributed by atoms with Crippen molar-refractivity contribution in [1.29, 1.82) is 0 Å². The summed E-state index contributed by atoms with van der Waals surface area (Å²) in [7, 11) is -3.43. The molecule has 0 saturated carbocycles. The largest absolute Gasteiger partial charge is 0.313 e. The van der Waals surface area contributed by atoms with Gasteiger partial charge < -0.3 is 5.32 Å². The number of hydrogen-bond donors (Lipinski definition) is 2. The summed E-state index contributed by atoms with van der Waals surface area (Å²) in [4.78, 5) is 0.338. The van der Waals surface area contributed by atoms with Crippen LogP contribution in [-0.4, -0.2) is 48.6 Å². The first kappa shape index (κ1) is 14.5. The standard InChI is InChI=1S/C12H22N4O2S/c1-4-13-11-6-5-7-16(8-11)19(17,18)12-9(2)14-15-10(12)3/h11,13H,4-8H2,1-3H3,(H,14,15). The number of aromatic amines is 1. The molecular formula is C12H22N4O2S. The Bertz CT molecular complexity index is 516. The maximum atomic E-state index is 12.7. The average molecular weight is 286 g/mol. The van der Waals surface area contributed by atoms with Gasteiger partial charge in [0.2, 0.25) is 10.0 Å². The van der Waals surface area contributed by atoms with Crippen LogP contribution in [-0.2, 0) is 10.0 Å². The van der Waals surface area contributed by atoms with Crippen molar-refractivity contribution < 1.29 is 8.42 Å². The second-order valence-electron chi connectivity index (χ2n) is 5.02. The van der Waals surface area contributed by atoms with Crippen LogP contribution in [0.15, 0.2) is 4.90 Å². The van der Waals surface area contributed by atoms with Crippen molar-refractivity contribution >= 4 is 10.0 Å². The summed E-state index contributed by atoms with van der Waals surface area (Å²) >= 11 is 0. The summed E-state index contributed by atoms with van der Waals surface area (Å²) in [5, 5.41) is 10.1. The average Bonchev–Trinajstić information content (AvgIpc) is 2.70. The topological polar surface area (TPSA) is 78.1 Å². The smallest absolute Gasteiger partial charge is 0.246 e. The van der Waals surface area contributed by atoms with Crippen molar-refractivity contribution in [3.8, 4) is 0 Å². The Kier molecular flexibility index (Phi) is 4.27. The van der Waals surface area contributed by atoms with Crippen molar-refractivity contribution in [2.24, 2.45) is 0 Å². The van der Waals surface area contributed by atoms with Gasteiger partial charge in [-0.25, -0.2) is 8.42 Å². The third-order valence-electron chi connectivity index (χ3n) is 3.54. The Balaban J connectivity index is 2.25. The summed E-state index contributed by atoms with van der Waals surface area (Å²) in [5.41, 5.74) is 1.16. The molecule has 0 radical (unpaired) electrons. The zero-order valence-electron chi connectivity index (χ0n) is 11.7. The molecule has 2 N–H and O–H groups in total. The molecular weight excluding hydrogens is 264 g/mol. The maximum Gasteiger partial charge on any atom is 0.246 e. The SMILES string of the molecule is CCNC1CCCN(S(=O)(=O)c2c(C)n[nH]c2C)C1. The number of aryl methyl sites for hydroxylation is 2. The van der Waals surface area contributed by atoms with E-state index in [1.807, 2.05) is 6.92 Å². The van der Waals surface area contributed by atoms with Gasteiger partial charge in [-0.3, -0.25) is 5.10 Å². The van der Waals surface area contributed by atoms with E-state index in [4.69, 9.17) is 0 Å². The van der Waals surface area contributed by atoms with Crippen LogP contribution in [0, 0.1) is 13.8 Å². The number of sulfonamides is 1. The van der Waals surface area contributed by atoms with Crippen LogP contribution < -0.4 is 5.32 Å². The lowest BCUT2D eigenvalue weighted by Crippen LogP contribution is -2.48. The minimum Gasteiger partial charge on any atom is -0.313 e. The highest BCUT2D eigenvalue weighted by Crippen LogP contribution is 2.24. The highest BCUT2D eigenvalue weighted by Gasteiger charge is 2.33. The minimum atomic E-state index is -3.43. The normalized spacial score (nSPS) is 21.7. The van der Waals surface area contributed by atoms with Gasteiger partial charge in [-0.2, -0.15) is 9.40 Å². The number of rotatable bonds is 4. The molecule has 0 aliphatic carbocycles. The van der Waals surface area contributed by atoms with Crippen LogP contribution in [0.3, 0.4) is 0 Å². The highest BCUT2D eigenvalue weighted by atomic mass is 32.2. The van der Waals surface area contributed by atoms with E-state index >= 15 is 0 Å². The van der Waals surface area contributed by atoms with Gasteiger partial charge in [0.15, 0.2) is 0 Å². The van der Waals surface area contributed by atoms with Crippen molar-refractivity contribution in [2.45, 2.75) is 44.6 Å². The van der Waals surface area contributed by atoms with Gasteiger partial charge in [-0.1, -0.05) is 6.92 Å². The Morgan fingerprint density at radius 2 is 2.21 bits per heavy atom. The molecule has 7 heteroatoms. The molecule has 0 amide bonds. The molecule has 1 aliphatic rings. The quantitative estimate of drug-likeness (QED) is 0.858. The van der Waals surface area contributed by atoms with Gasteiger partial charge in [0.1, 0.15) is 4.90 Å². The number of aromatic nitrogens is 2. The zero-order valence-corrected chi connectivity index (χ0v) is 12.5. The number of nitrogens with one attached hydrogen (secondary N) is 2. The van der Waals surface area contributed by atoms with Crippen molar-refractivity contribution in [3.63, 3.8) is 0 Å². The number of nitrogens with zero attached hydrogens (tertiary/aromatic N) is 2. The molecule has 19 heavy (non-hydrogen) atoms. The van der Waals surface area contributed by atoms with E-state index in [1.54, 1.807) is 18.2 Å². The number of piperidine rings is 1. The van der Waals surface area contributed by atoms with Crippen LogP contribution in [0.1, 0.15) is 31.2 Å². The Labute approximate surface area is 114 Å². The summed E-state index contributed by atoms with van der Waals surface area (Å²) < 4.78 is 26.9. The summed E-state index contributed by atoms with van der Waals surface area (Å²) in [6.07, 6.45) is 1.93. The van der Waals surface area contributed by atoms with Crippen LogP contribution in [0.2, 0.25) is 0 Å². The van der Waals surface area contributed by atoms with E-state index in [0.717, 1.165) is 19.4 Å². The molecule has 1 aliphatic heterocycles. The van der Waals surface area contributed by atoms with Gasteiger partial charge in [-0.15, -0.1) is 0 Å². The van der Waals surface area contributed by atoms with E-state index in [2.05, 4.69) is 15.5 Å². The molecule has 0 aromatic carbocycles. The molecule has 6 nitrogen and oxygen atoms in total. The number of hydrogen-bond acceptors (Lipinski definition) is 4. The second-order valence-corrected chi connectivity index (χ2v) is 6.90. The first-order valence-corrected chi connectivity index (χ1v) is 8.16. The predicted molar refractivity (Wildman–Crippen MR) is 73.5 cm³/mol. The van der Waals surface area contributed by atoms with E-state index < -0.39 is 10.0 Å². The van der Waals surface area contributed by atoms with E-state index in [1.165, 1.54) is 0 Å². The van der Waals surface area contributed by atoms with Crippen LogP contribution in [0.4, 0.5) is 0 Å². The van der Waals surface area contributed by atoms with Crippen molar-refractivity contribution in [3.05, 3.63) is 11.4 Å². The molecule has 1 atom stereocenters. The van der Waals surface area contributed by atoms with Gasteiger partial charge >= 0.3 is 0 Å². The third kappa shape index (κ3) is 2.82. The molecule has 1 aromatic rings. The van der Waals surface area contributed by atoms with Gasteiger partial charge in [-0.05, 0) is 33.2 Å². The molecule has 1 fully saturated rings. The molecule has 1 unspecified atom stereocenters. The summed E-state index contributed by atoms with van der Waals surface area (Å²) in [6, 6.07) is 0.251. The molecule has 1 saturated heterocycles. The monoisotopic (exact) mass is 286 g/mol. The third-order valence-corrected chi connectivity index (χ3v) is 5.66. The molecule has 2 heterocycles. The Hall–Kier alpha value is -0.920. The molecule has 2 rings (SSSR count). The zero-order chi connectivity index (χ0) is 14.0. The fourth-order valence-electron chi connectivity index (χ4n) is 2.67. The maximum absolute atomic E-state index is 12.7. The molecule has 108 valence electrons. The van der Waals surface area contributed by atoms with E-state index in [-0.39, 0.29) is 6.04 Å². The first-order chi connectivity index (χ1) is 8.96. The predicted octanol–water partition coefficient (Wildman–Crippen LogP) is 0.789. The van der Waals surface area contributed by atoms with Crippen molar-refractivity contribution in [1.82, 2.24) is 19.8 Å². The van der Waals surface area contributed by atoms with E-state index in [9.17, 15) is 8.42 Å². The van der Waals surface area contributed by atoms with Gasteiger partial charge in [0.05, 0.1) is 11.4 Å². The highest BCUT2D eigenvalue weighted by molar-refractivity contribution is 7.89. The Morgan fingerprint density at radius 1 is 1.47 bits per heavy atom. The lowest BCUT2D eigenvalue weighted by molar-refractivity contribution is 0.286. The molecule has 0 spiro atoms. The van der Waals surface area contributed by atoms with Crippen LogP contribution >= 0.6 is 0 Å². The fraction of sp³-hybridized carbons (Fsp3) is 0.750. The number of H-pyrrole nitrogens is 1. The lowest BCUT2D eigenvalue weighted by atomic mass is 10.1.